The Balaban J connectivity index is 3.70. The molecule has 0 aromatic heterocycles. The van der Waals surface area contributed by atoms with Crippen LogP contribution in [0.25, 0.3) is 0 Å². The number of nitrogens with one attached hydrogen (secondary N) is 2. The zero-order valence-electron chi connectivity index (χ0n) is 24.8. The minimum absolute atomic E-state index is 0.00428. The quantitative estimate of drug-likeness (QED) is 0.0601. The number of amides is 2. The van der Waals surface area contributed by atoms with Gasteiger partial charge in [-0.05, 0) is 58.8 Å². The van der Waals surface area contributed by atoms with Gasteiger partial charge in [0.25, 0.3) is 0 Å². The summed E-state index contributed by atoms with van der Waals surface area (Å²) in [6, 6.07) is 0. The van der Waals surface area contributed by atoms with Crippen molar-refractivity contribution in [1.29, 1.82) is 0 Å². The number of carbonyl (C=O) groups excluding carboxylic acids is 2. The molecule has 0 saturated heterocycles. The summed E-state index contributed by atoms with van der Waals surface area (Å²) in [5, 5.41) is 14.4. The molecule has 0 aromatic carbocycles. The first-order valence-corrected chi connectivity index (χ1v) is 16.7. The van der Waals surface area contributed by atoms with Crippen LogP contribution in [-0.2, 0) is 9.53 Å². The smallest absolute Gasteiger partial charge is 0.407 e. The Hall–Kier alpha value is -2.16. The summed E-state index contributed by atoms with van der Waals surface area (Å²) in [5.74, 6) is 0.859. The Bertz CT molecular complexity index is 818. The van der Waals surface area contributed by atoms with Gasteiger partial charge in [0.15, 0.2) is 0 Å². The molecule has 2 amide bonds. The maximum atomic E-state index is 12.0. The topological polar surface area (TPSA) is 87.7 Å². The van der Waals surface area contributed by atoms with E-state index in [-0.39, 0.29) is 23.9 Å². The maximum absolute atomic E-state index is 12.0. The molecule has 0 radical (unpaired) electrons. The zero-order valence-corrected chi connectivity index (χ0v) is 26.4. The van der Waals surface area contributed by atoms with Gasteiger partial charge < -0.3 is 20.5 Å². The molecule has 6 nitrogen and oxygen atoms in total. The number of hydrogen-bond acceptors (Lipinski definition) is 6. The van der Waals surface area contributed by atoms with Gasteiger partial charge in [0.05, 0.1) is 6.61 Å². The summed E-state index contributed by atoms with van der Waals surface area (Å²) in [6.45, 7) is 7.55. The Kier molecular flexibility index (Phi) is 26.8. The zero-order chi connectivity index (χ0) is 29.6. The lowest BCUT2D eigenvalue weighted by Crippen LogP contribution is -2.36. The normalized spacial score (nSPS) is 12.7. The average molecular weight is 593 g/mol. The van der Waals surface area contributed by atoms with E-state index >= 15 is 0 Å². The fourth-order valence-electron chi connectivity index (χ4n) is 2.97. The van der Waals surface area contributed by atoms with E-state index in [2.05, 4.69) is 90.5 Å². The van der Waals surface area contributed by atoms with Crippen LogP contribution in [0.5, 0.6) is 0 Å². The number of carbonyl (C=O) groups is 2. The molecule has 0 aliphatic rings. The first-order valence-electron chi connectivity index (χ1n) is 14.4. The molecule has 0 heterocycles. The molecule has 8 heteroatoms. The highest BCUT2D eigenvalue weighted by molar-refractivity contribution is 8.77. The lowest BCUT2D eigenvalue weighted by Gasteiger charge is -2.23. The molecule has 0 spiro atoms. The van der Waals surface area contributed by atoms with Crippen molar-refractivity contribution in [1.82, 2.24) is 10.6 Å². The second-order valence-electron chi connectivity index (χ2n) is 9.54. The third-order valence-electron chi connectivity index (χ3n) is 5.12. The molecule has 0 unspecified atom stereocenters. The van der Waals surface area contributed by atoms with Crippen LogP contribution in [0.15, 0.2) is 72.9 Å². The summed E-state index contributed by atoms with van der Waals surface area (Å²) in [7, 11) is 3.34. The second-order valence-corrected chi connectivity index (χ2v) is 12.7. The van der Waals surface area contributed by atoms with Crippen LogP contribution in [-0.4, -0.2) is 53.9 Å². The molecule has 0 bridgehead atoms. The van der Waals surface area contributed by atoms with E-state index in [9.17, 15) is 9.59 Å². The number of rotatable bonds is 24. The van der Waals surface area contributed by atoms with Crippen molar-refractivity contribution in [2.24, 2.45) is 0 Å². The van der Waals surface area contributed by atoms with Crippen molar-refractivity contribution in [2.75, 3.05) is 32.1 Å². The molecule has 0 fully saturated rings. The monoisotopic (exact) mass is 592 g/mol. The van der Waals surface area contributed by atoms with Crippen LogP contribution in [0.2, 0.25) is 0 Å². The van der Waals surface area contributed by atoms with Gasteiger partial charge in [-0.1, -0.05) is 101 Å². The van der Waals surface area contributed by atoms with Gasteiger partial charge in [-0.25, -0.2) is 4.79 Å². The van der Waals surface area contributed by atoms with Crippen LogP contribution < -0.4 is 10.6 Å². The molecular formula is C32H52N2O4S2. The molecule has 0 aromatic rings. The van der Waals surface area contributed by atoms with E-state index in [1.165, 1.54) is 0 Å². The highest BCUT2D eigenvalue weighted by Crippen LogP contribution is 2.34. The van der Waals surface area contributed by atoms with E-state index in [4.69, 9.17) is 9.84 Å². The molecular weight excluding hydrogens is 540 g/mol. The summed E-state index contributed by atoms with van der Waals surface area (Å²) in [4.78, 5) is 23.6. The third kappa shape index (κ3) is 28.8. The fourth-order valence-corrected chi connectivity index (χ4v) is 5.32. The number of hydrogen-bond donors (Lipinski definition) is 3. The van der Waals surface area contributed by atoms with Crippen LogP contribution >= 0.6 is 21.6 Å². The van der Waals surface area contributed by atoms with Crippen LogP contribution in [0.4, 0.5) is 4.79 Å². The lowest BCUT2D eigenvalue weighted by atomic mass is 10.2. The van der Waals surface area contributed by atoms with E-state index in [0.29, 0.717) is 25.9 Å². The predicted molar refractivity (Wildman–Crippen MR) is 176 cm³/mol. The Labute approximate surface area is 251 Å². The van der Waals surface area contributed by atoms with Gasteiger partial charge in [0.1, 0.15) is 0 Å². The molecule has 3 N–H and O–H groups in total. The summed E-state index contributed by atoms with van der Waals surface area (Å²) in [6.07, 6.45) is 33.2. The SMILES string of the molecule is CC/C=C\C/C=C\C/C=C\C/C=C\C/C=C\C/C=C\CCC(=O)NCCSSC(C)(C)CNC(=O)OCCCO. The number of aliphatic hydroxyl groups is 1. The highest BCUT2D eigenvalue weighted by atomic mass is 33.1. The van der Waals surface area contributed by atoms with Crippen molar-refractivity contribution >= 4 is 33.6 Å². The van der Waals surface area contributed by atoms with Crippen molar-refractivity contribution in [2.45, 2.75) is 83.3 Å². The fraction of sp³-hybridized carbons (Fsp3) is 0.562. The first kappa shape index (κ1) is 37.8. The van der Waals surface area contributed by atoms with E-state index in [1.54, 1.807) is 21.6 Å². The second kappa shape index (κ2) is 28.4. The van der Waals surface area contributed by atoms with Crippen molar-refractivity contribution < 1.29 is 19.4 Å². The van der Waals surface area contributed by atoms with Crippen molar-refractivity contribution in [3.8, 4) is 0 Å². The summed E-state index contributed by atoms with van der Waals surface area (Å²) in [5.41, 5.74) is 0. The van der Waals surface area contributed by atoms with Gasteiger partial charge in [-0.2, -0.15) is 0 Å². The molecule has 0 saturated carbocycles. The molecule has 0 aliphatic heterocycles. The number of allylic oxidation sites excluding steroid dienone is 12. The molecule has 226 valence electrons. The highest BCUT2D eigenvalue weighted by Gasteiger charge is 2.20. The van der Waals surface area contributed by atoms with Crippen molar-refractivity contribution in [3.63, 3.8) is 0 Å². The third-order valence-corrected chi connectivity index (χ3v) is 8.41. The van der Waals surface area contributed by atoms with E-state index < -0.39 is 6.09 Å². The van der Waals surface area contributed by atoms with Crippen LogP contribution in [0.1, 0.15) is 78.6 Å². The Morgan fingerprint density at radius 2 is 1.32 bits per heavy atom. The van der Waals surface area contributed by atoms with Crippen LogP contribution in [0, 0.1) is 0 Å². The number of ether oxygens (including phenoxy) is 1. The minimum Gasteiger partial charge on any atom is -0.449 e. The Morgan fingerprint density at radius 3 is 1.85 bits per heavy atom. The van der Waals surface area contributed by atoms with Crippen molar-refractivity contribution in [3.05, 3.63) is 72.9 Å². The number of aliphatic hydroxyl groups excluding tert-OH is 1. The average Bonchev–Trinajstić information content (AvgIpc) is 2.93. The first-order chi connectivity index (χ1) is 19.4. The van der Waals surface area contributed by atoms with Crippen LogP contribution in [0.3, 0.4) is 0 Å². The van der Waals surface area contributed by atoms with E-state index in [0.717, 1.165) is 50.7 Å². The minimum atomic E-state index is -0.466. The largest absolute Gasteiger partial charge is 0.449 e. The predicted octanol–water partition coefficient (Wildman–Crippen LogP) is 7.85. The summed E-state index contributed by atoms with van der Waals surface area (Å²) < 4.78 is 4.79. The lowest BCUT2D eigenvalue weighted by molar-refractivity contribution is -0.120. The molecule has 0 aliphatic carbocycles. The maximum Gasteiger partial charge on any atom is 0.407 e. The molecule has 0 rings (SSSR count). The van der Waals surface area contributed by atoms with Gasteiger partial charge in [0, 0.05) is 43.0 Å². The number of alkyl carbamates (subject to hydrolysis) is 1. The molecule has 0 atom stereocenters. The molecule has 40 heavy (non-hydrogen) atoms. The standard InChI is InChI=1S/C32H52N2O4S2/c1-4-5-6-7-8-9-10-11-12-13-14-15-16-17-18-19-20-21-22-24-30(36)33-25-28-39-40-32(2,3)29-34-31(37)38-27-23-26-35/h5-6,8-9,11-12,14-15,17-18,20-21,35H,4,7,10,13,16,19,22-29H2,1-3H3,(H,33,36)(H,34,37)/b6-5-,9-8-,12-11-,15-14-,18-17-,21-20-. The Morgan fingerprint density at radius 1 is 0.800 bits per heavy atom. The van der Waals surface area contributed by atoms with Gasteiger partial charge in [-0.3, -0.25) is 4.79 Å². The summed E-state index contributed by atoms with van der Waals surface area (Å²) >= 11 is 0. The van der Waals surface area contributed by atoms with Gasteiger partial charge in [-0.15, -0.1) is 0 Å². The van der Waals surface area contributed by atoms with Gasteiger partial charge >= 0.3 is 6.09 Å². The van der Waals surface area contributed by atoms with E-state index in [1.807, 2.05) is 13.8 Å². The van der Waals surface area contributed by atoms with Gasteiger partial charge in [0.2, 0.25) is 5.91 Å².